The number of nitrogens with zero attached hydrogens (tertiary/aromatic N) is 2. The second kappa shape index (κ2) is 10.3. The zero-order valence-corrected chi connectivity index (χ0v) is 17.4. The molecule has 1 rings (SSSR count). The van der Waals surface area contributed by atoms with E-state index >= 15 is 0 Å². The van der Waals surface area contributed by atoms with Crippen LogP contribution in [-0.2, 0) is 10.0 Å². The zero-order chi connectivity index (χ0) is 18.9. The SMILES string of the molecule is CCNC(=NCC(C)(C)NS(C)(=O)=O)NCCCN1CCC(C)CC1. The quantitative estimate of drug-likeness (QED) is 0.318. The van der Waals surface area contributed by atoms with Crippen LogP contribution in [0.25, 0.3) is 0 Å². The lowest BCUT2D eigenvalue weighted by atomic mass is 9.99. The van der Waals surface area contributed by atoms with Gasteiger partial charge in [-0.15, -0.1) is 0 Å². The number of likely N-dealkylation sites (tertiary alicyclic amines) is 1. The Morgan fingerprint density at radius 1 is 1.24 bits per heavy atom. The normalized spacial score (nSPS) is 18.4. The summed E-state index contributed by atoms with van der Waals surface area (Å²) in [5, 5.41) is 6.55. The van der Waals surface area contributed by atoms with Crippen molar-refractivity contribution in [1.29, 1.82) is 0 Å². The van der Waals surface area contributed by atoms with Crippen LogP contribution in [0.5, 0.6) is 0 Å². The molecule has 1 aliphatic heterocycles. The third-order valence-electron chi connectivity index (χ3n) is 4.26. The van der Waals surface area contributed by atoms with Gasteiger partial charge in [-0.3, -0.25) is 4.99 Å². The molecule has 8 heteroatoms. The van der Waals surface area contributed by atoms with Crippen LogP contribution in [0.3, 0.4) is 0 Å². The number of nitrogens with one attached hydrogen (secondary N) is 3. The molecule has 25 heavy (non-hydrogen) atoms. The van der Waals surface area contributed by atoms with Crippen LogP contribution in [0, 0.1) is 5.92 Å². The highest BCUT2D eigenvalue weighted by Crippen LogP contribution is 2.15. The molecule has 0 aromatic carbocycles. The molecule has 0 aliphatic carbocycles. The van der Waals surface area contributed by atoms with Crippen LogP contribution in [0.1, 0.15) is 47.0 Å². The summed E-state index contributed by atoms with van der Waals surface area (Å²) < 4.78 is 25.4. The Morgan fingerprint density at radius 3 is 2.44 bits per heavy atom. The van der Waals surface area contributed by atoms with Gasteiger partial charge in [0.1, 0.15) is 0 Å². The minimum absolute atomic E-state index is 0.374. The van der Waals surface area contributed by atoms with Gasteiger partial charge in [-0.25, -0.2) is 13.1 Å². The van der Waals surface area contributed by atoms with Gasteiger partial charge in [-0.05, 0) is 65.6 Å². The van der Waals surface area contributed by atoms with E-state index in [2.05, 4.69) is 32.2 Å². The molecule has 1 fully saturated rings. The fraction of sp³-hybridized carbons (Fsp3) is 0.941. The summed E-state index contributed by atoms with van der Waals surface area (Å²) in [4.78, 5) is 7.05. The van der Waals surface area contributed by atoms with E-state index in [1.54, 1.807) is 0 Å². The Hall–Kier alpha value is -0.860. The molecule has 1 heterocycles. The molecule has 0 spiro atoms. The van der Waals surface area contributed by atoms with E-state index in [1.165, 1.54) is 32.2 Å². The Morgan fingerprint density at radius 2 is 1.88 bits per heavy atom. The van der Waals surface area contributed by atoms with Crippen LogP contribution in [0.2, 0.25) is 0 Å². The van der Waals surface area contributed by atoms with Gasteiger partial charge >= 0.3 is 0 Å². The smallest absolute Gasteiger partial charge is 0.209 e. The first-order valence-electron chi connectivity index (χ1n) is 9.35. The molecule has 0 bridgehead atoms. The molecule has 1 aliphatic rings. The molecule has 0 aromatic rings. The van der Waals surface area contributed by atoms with Crippen LogP contribution in [-0.4, -0.2) is 70.3 Å². The Bertz CT molecular complexity index is 511. The summed E-state index contributed by atoms with van der Waals surface area (Å²) in [7, 11) is -3.24. The van der Waals surface area contributed by atoms with Gasteiger partial charge in [0.2, 0.25) is 10.0 Å². The van der Waals surface area contributed by atoms with Crippen molar-refractivity contribution in [2.75, 3.05) is 45.5 Å². The van der Waals surface area contributed by atoms with Gasteiger partial charge < -0.3 is 15.5 Å². The number of piperidine rings is 1. The Labute approximate surface area is 154 Å². The highest BCUT2D eigenvalue weighted by atomic mass is 32.2. The maximum absolute atomic E-state index is 11.4. The minimum Gasteiger partial charge on any atom is -0.357 e. The summed E-state index contributed by atoms with van der Waals surface area (Å²) in [5.74, 6) is 1.60. The predicted octanol–water partition coefficient (Wildman–Crippen LogP) is 0.991. The molecule has 0 amide bonds. The first kappa shape index (κ1) is 22.2. The maximum Gasteiger partial charge on any atom is 0.209 e. The van der Waals surface area contributed by atoms with E-state index in [-0.39, 0.29) is 0 Å². The molecule has 0 radical (unpaired) electrons. The number of rotatable bonds is 9. The lowest BCUT2D eigenvalue weighted by Gasteiger charge is -2.30. The highest BCUT2D eigenvalue weighted by molar-refractivity contribution is 7.88. The summed E-state index contributed by atoms with van der Waals surface area (Å²) in [6, 6.07) is 0. The number of aliphatic imine (C=N–C) groups is 1. The van der Waals surface area contributed by atoms with Crippen molar-refractivity contribution in [3.63, 3.8) is 0 Å². The molecule has 7 nitrogen and oxygen atoms in total. The molecule has 0 unspecified atom stereocenters. The number of hydrogen-bond acceptors (Lipinski definition) is 4. The van der Waals surface area contributed by atoms with Gasteiger partial charge in [0.15, 0.2) is 5.96 Å². The number of sulfonamides is 1. The van der Waals surface area contributed by atoms with Crippen LogP contribution in [0.15, 0.2) is 4.99 Å². The van der Waals surface area contributed by atoms with Crippen LogP contribution < -0.4 is 15.4 Å². The molecule has 0 aromatic heterocycles. The van der Waals surface area contributed by atoms with E-state index < -0.39 is 15.6 Å². The number of guanidine groups is 1. The second-order valence-electron chi connectivity index (χ2n) is 7.76. The molecule has 148 valence electrons. The molecule has 0 atom stereocenters. The molecule has 1 saturated heterocycles. The van der Waals surface area contributed by atoms with Crippen molar-refractivity contribution in [3.8, 4) is 0 Å². The van der Waals surface area contributed by atoms with Gasteiger partial charge in [0, 0.05) is 18.6 Å². The van der Waals surface area contributed by atoms with Crippen molar-refractivity contribution in [2.45, 2.75) is 52.5 Å². The van der Waals surface area contributed by atoms with E-state index in [0.717, 1.165) is 37.9 Å². The second-order valence-corrected chi connectivity index (χ2v) is 9.51. The van der Waals surface area contributed by atoms with Crippen molar-refractivity contribution < 1.29 is 8.42 Å². The first-order valence-corrected chi connectivity index (χ1v) is 11.2. The maximum atomic E-state index is 11.4. The summed E-state index contributed by atoms with van der Waals surface area (Å²) in [5.41, 5.74) is -0.611. The van der Waals surface area contributed by atoms with Gasteiger partial charge in [0.25, 0.3) is 0 Å². The monoisotopic (exact) mass is 375 g/mol. The fourth-order valence-corrected chi connectivity index (χ4v) is 4.02. The van der Waals surface area contributed by atoms with E-state index in [9.17, 15) is 8.42 Å². The van der Waals surface area contributed by atoms with Crippen molar-refractivity contribution in [1.82, 2.24) is 20.3 Å². The molecular weight excluding hydrogens is 338 g/mol. The van der Waals surface area contributed by atoms with Gasteiger partial charge in [-0.2, -0.15) is 0 Å². The summed E-state index contributed by atoms with van der Waals surface area (Å²) in [6.07, 6.45) is 4.85. The minimum atomic E-state index is -3.24. The topological polar surface area (TPSA) is 85.8 Å². The third-order valence-corrected chi connectivity index (χ3v) is 5.18. The standard InChI is InChI=1S/C17H37N5O2S/c1-6-18-16(20-14-17(3,4)21-25(5,23)24)19-10-7-11-22-12-8-15(2)9-13-22/h15,21H,6-14H2,1-5H3,(H2,18,19,20). The van der Waals surface area contributed by atoms with Crippen LogP contribution in [0.4, 0.5) is 0 Å². The Balaban J connectivity index is 2.37. The van der Waals surface area contributed by atoms with Gasteiger partial charge in [-0.1, -0.05) is 6.92 Å². The van der Waals surface area contributed by atoms with E-state index in [1.807, 2.05) is 20.8 Å². The first-order chi connectivity index (χ1) is 11.6. The lowest BCUT2D eigenvalue weighted by Crippen LogP contribution is -2.47. The van der Waals surface area contributed by atoms with Crippen molar-refractivity contribution >= 4 is 16.0 Å². The Kier molecular flexibility index (Phi) is 9.16. The van der Waals surface area contributed by atoms with Crippen molar-refractivity contribution in [2.24, 2.45) is 10.9 Å². The summed E-state index contributed by atoms with van der Waals surface area (Å²) >= 11 is 0. The zero-order valence-electron chi connectivity index (χ0n) is 16.6. The lowest BCUT2D eigenvalue weighted by molar-refractivity contribution is 0.191. The van der Waals surface area contributed by atoms with Crippen LogP contribution >= 0.6 is 0 Å². The van der Waals surface area contributed by atoms with Gasteiger partial charge in [0.05, 0.1) is 12.8 Å². The molecule has 0 saturated carbocycles. The highest BCUT2D eigenvalue weighted by Gasteiger charge is 2.22. The third kappa shape index (κ3) is 10.7. The number of hydrogen-bond donors (Lipinski definition) is 3. The van der Waals surface area contributed by atoms with Crippen molar-refractivity contribution in [3.05, 3.63) is 0 Å². The van der Waals surface area contributed by atoms with E-state index in [4.69, 9.17) is 0 Å². The summed E-state index contributed by atoms with van der Waals surface area (Å²) in [6.45, 7) is 13.6. The average molecular weight is 376 g/mol. The van der Waals surface area contributed by atoms with E-state index in [0.29, 0.717) is 6.54 Å². The fourth-order valence-electron chi connectivity index (χ4n) is 2.95. The molecule has 3 N–H and O–H groups in total. The predicted molar refractivity (Wildman–Crippen MR) is 105 cm³/mol. The largest absolute Gasteiger partial charge is 0.357 e. The molecular formula is C17H37N5O2S. The average Bonchev–Trinajstić information content (AvgIpc) is 2.48.